The Bertz CT molecular complexity index is 480. The molecular formula is C16H25NO2. The van der Waals surface area contributed by atoms with E-state index in [-0.39, 0.29) is 5.92 Å². The van der Waals surface area contributed by atoms with E-state index in [1.165, 1.54) is 0 Å². The molecule has 0 saturated heterocycles. The van der Waals surface area contributed by atoms with Crippen LogP contribution in [0.4, 0.5) is 5.69 Å². The highest BCUT2D eigenvalue weighted by Gasteiger charge is 2.44. The summed E-state index contributed by atoms with van der Waals surface area (Å²) in [7, 11) is 0. The Morgan fingerprint density at radius 3 is 2.37 bits per heavy atom. The van der Waals surface area contributed by atoms with Crippen LogP contribution in [-0.2, 0) is 10.2 Å². The van der Waals surface area contributed by atoms with Crippen LogP contribution in [0.2, 0.25) is 0 Å². The second-order valence-corrected chi connectivity index (χ2v) is 5.72. The molecule has 1 aromatic rings. The normalized spacial score (nSPS) is 14.4. The molecule has 0 aliphatic rings. The first-order chi connectivity index (χ1) is 8.77. The number of carbonyl (C=O) groups is 1. The molecule has 3 N–H and O–H groups in total. The number of hydrogen-bond donors (Lipinski definition) is 2. The third-order valence-corrected chi connectivity index (χ3v) is 4.02. The molecule has 0 aliphatic heterocycles. The smallest absolute Gasteiger partial charge is 0.314 e. The number of hydrogen-bond acceptors (Lipinski definition) is 2. The van der Waals surface area contributed by atoms with Crippen molar-refractivity contribution in [1.29, 1.82) is 0 Å². The fourth-order valence-corrected chi connectivity index (χ4v) is 2.95. The summed E-state index contributed by atoms with van der Waals surface area (Å²) in [6.45, 7) is 9.85. The Morgan fingerprint density at radius 1 is 1.37 bits per heavy atom. The lowest BCUT2D eigenvalue weighted by Crippen LogP contribution is -2.41. The Labute approximate surface area is 115 Å². The molecule has 0 saturated carbocycles. The fourth-order valence-electron chi connectivity index (χ4n) is 2.95. The number of rotatable bonds is 5. The SMILES string of the molecule is CCCC(C(=O)O)(c1cc(C)cc(C)c1N)C(C)C. The molecule has 0 amide bonds. The highest BCUT2D eigenvalue weighted by Crippen LogP contribution is 2.41. The van der Waals surface area contributed by atoms with Crippen LogP contribution in [-0.4, -0.2) is 11.1 Å². The lowest BCUT2D eigenvalue weighted by atomic mass is 9.67. The Balaban J connectivity index is 3.61. The number of carboxylic acids is 1. The molecule has 1 aromatic carbocycles. The maximum atomic E-state index is 12.0. The Kier molecular flexibility index (Phi) is 4.61. The molecule has 0 fully saturated rings. The molecule has 0 heterocycles. The first-order valence-corrected chi connectivity index (χ1v) is 6.88. The average Bonchev–Trinajstić information content (AvgIpc) is 2.30. The predicted octanol–water partition coefficient (Wildman–Crippen LogP) is 3.66. The highest BCUT2D eigenvalue weighted by atomic mass is 16.4. The predicted molar refractivity (Wildman–Crippen MR) is 79.4 cm³/mol. The van der Waals surface area contributed by atoms with Crippen molar-refractivity contribution in [2.24, 2.45) is 5.92 Å². The maximum Gasteiger partial charge on any atom is 0.314 e. The van der Waals surface area contributed by atoms with Crippen LogP contribution in [0, 0.1) is 19.8 Å². The van der Waals surface area contributed by atoms with Crippen LogP contribution < -0.4 is 5.73 Å². The van der Waals surface area contributed by atoms with Crippen molar-refractivity contribution in [3.63, 3.8) is 0 Å². The molecule has 0 radical (unpaired) electrons. The summed E-state index contributed by atoms with van der Waals surface area (Å²) in [5, 5.41) is 9.83. The summed E-state index contributed by atoms with van der Waals surface area (Å²) >= 11 is 0. The first-order valence-electron chi connectivity index (χ1n) is 6.88. The molecule has 0 spiro atoms. The van der Waals surface area contributed by atoms with E-state index in [0.717, 1.165) is 23.1 Å². The van der Waals surface area contributed by atoms with Crippen LogP contribution in [0.25, 0.3) is 0 Å². The van der Waals surface area contributed by atoms with Crippen molar-refractivity contribution < 1.29 is 9.90 Å². The summed E-state index contributed by atoms with van der Waals surface area (Å²) < 4.78 is 0. The van der Waals surface area contributed by atoms with Gasteiger partial charge in [-0.05, 0) is 37.3 Å². The van der Waals surface area contributed by atoms with Gasteiger partial charge in [-0.15, -0.1) is 0 Å². The number of carboxylic acid groups (broad SMARTS) is 1. The quantitative estimate of drug-likeness (QED) is 0.797. The summed E-state index contributed by atoms with van der Waals surface area (Å²) in [5.41, 5.74) is 8.70. The van der Waals surface area contributed by atoms with Crippen LogP contribution in [0.15, 0.2) is 12.1 Å². The monoisotopic (exact) mass is 263 g/mol. The minimum atomic E-state index is -0.893. The van der Waals surface area contributed by atoms with Crippen molar-refractivity contribution in [1.82, 2.24) is 0 Å². The summed E-state index contributed by atoms with van der Waals surface area (Å²) in [4.78, 5) is 12.0. The van der Waals surface area contributed by atoms with Gasteiger partial charge in [0.1, 0.15) is 0 Å². The number of nitrogens with two attached hydrogens (primary N) is 1. The van der Waals surface area contributed by atoms with Gasteiger partial charge in [0.15, 0.2) is 0 Å². The van der Waals surface area contributed by atoms with Crippen LogP contribution >= 0.6 is 0 Å². The molecule has 106 valence electrons. The summed E-state index contributed by atoms with van der Waals surface area (Å²) in [5.74, 6) is -0.783. The number of aliphatic carboxylic acids is 1. The summed E-state index contributed by atoms with van der Waals surface area (Å²) in [6, 6.07) is 3.93. The molecule has 0 aliphatic carbocycles. The molecule has 1 rings (SSSR count). The number of benzene rings is 1. The largest absolute Gasteiger partial charge is 0.481 e. The van der Waals surface area contributed by atoms with Crippen molar-refractivity contribution in [2.75, 3.05) is 5.73 Å². The van der Waals surface area contributed by atoms with E-state index in [0.29, 0.717) is 12.1 Å². The second-order valence-electron chi connectivity index (χ2n) is 5.72. The van der Waals surface area contributed by atoms with E-state index in [2.05, 4.69) is 0 Å². The third kappa shape index (κ3) is 2.60. The molecule has 19 heavy (non-hydrogen) atoms. The fraction of sp³-hybridized carbons (Fsp3) is 0.562. The van der Waals surface area contributed by atoms with Gasteiger partial charge in [-0.25, -0.2) is 0 Å². The van der Waals surface area contributed by atoms with Gasteiger partial charge < -0.3 is 10.8 Å². The van der Waals surface area contributed by atoms with Crippen LogP contribution in [0.1, 0.15) is 50.3 Å². The number of anilines is 1. The van der Waals surface area contributed by atoms with Crippen LogP contribution in [0.5, 0.6) is 0 Å². The van der Waals surface area contributed by atoms with Crippen molar-refractivity contribution >= 4 is 11.7 Å². The third-order valence-electron chi connectivity index (χ3n) is 4.02. The van der Waals surface area contributed by atoms with Crippen molar-refractivity contribution in [2.45, 2.75) is 52.9 Å². The number of aryl methyl sites for hydroxylation is 2. The lowest BCUT2D eigenvalue weighted by Gasteiger charge is -2.35. The Morgan fingerprint density at radius 2 is 1.95 bits per heavy atom. The van der Waals surface area contributed by atoms with E-state index >= 15 is 0 Å². The molecule has 3 nitrogen and oxygen atoms in total. The molecule has 1 atom stereocenters. The van der Waals surface area contributed by atoms with Gasteiger partial charge in [0.25, 0.3) is 0 Å². The minimum absolute atomic E-state index is 0.00606. The van der Waals surface area contributed by atoms with Crippen molar-refractivity contribution in [3.8, 4) is 0 Å². The van der Waals surface area contributed by atoms with Gasteiger partial charge in [0, 0.05) is 5.69 Å². The van der Waals surface area contributed by atoms with Crippen LogP contribution in [0.3, 0.4) is 0 Å². The zero-order valence-corrected chi connectivity index (χ0v) is 12.6. The minimum Gasteiger partial charge on any atom is -0.481 e. The summed E-state index contributed by atoms with van der Waals surface area (Å²) in [6.07, 6.45) is 1.42. The van der Waals surface area contributed by atoms with E-state index in [9.17, 15) is 9.90 Å². The van der Waals surface area contributed by atoms with Gasteiger partial charge >= 0.3 is 5.97 Å². The first kappa shape index (κ1) is 15.5. The molecule has 0 bridgehead atoms. The maximum absolute atomic E-state index is 12.0. The van der Waals surface area contributed by atoms with Gasteiger partial charge in [-0.1, -0.05) is 44.9 Å². The van der Waals surface area contributed by atoms with Gasteiger partial charge in [0.05, 0.1) is 5.41 Å². The average molecular weight is 263 g/mol. The standard InChI is InChI=1S/C16H25NO2/c1-6-7-16(10(2)3,15(18)19)13-9-11(4)8-12(5)14(13)17/h8-10H,6-7,17H2,1-5H3,(H,18,19). The molecule has 0 aromatic heterocycles. The Hall–Kier alpha value is -1.51. The topological polar surface area (TPSA) is 63.3 Å². The zero-order valence-electron chi connectivity index (χ0n) is 12.6. The van der Waals surface area contributed by atoms with E-state index in [4.69, 9.17) is 5.73 Å². The second kappa shape index (κ2) is 5.64. The van der Waals surface area contributed by atoms with Gasteiger partial charge in [0.2, 0.25) is 0 Å². The molecular weight excluding hydrogens is 238 g/mol. The van der Waals surface area contributed by atoms with Gasteiger partial charge in [-0.3, -0.25) is 4.79 Å². The van der Waals surface area contributed by atoms with E-state index < -0.39 is 11.4 Å². The highest BCUT2D eigenvalue weighted by molar-refractivity contribution is 5.84. The van der Waals surface area contributed by atoms with Gasteiger partial charge in [-0.2, -0.15) is 0 Å². The lowest BCUT2D eigenvalue weighted by molar-refractivity contribution is -0.146. The van der Waals surface area contributed by atoms with Crippen molar-refractivity contribution in [3.05, 3.63) is 28.8 Å². The van der Waals surface area contributed by atoms with E-state index in [1.807, 2.05) is 46.8 Å². The molecule has 1 unspecified atom stereocenters. The zero-order chi connectivity index (χ0) is 14.8. The number of nitrogen functional groups attached to an aromatic ring is 1. The van der Waals surface area contributed by atoms with E-state index in [1.54, 1.807) is 0 Å². The molecule has 3 heteroatoms.